The van der Waals surface area contributed by atoms with Crippen LogP contribution in [0.3, 0.4) is 0 Å². The first-order valence-corrected chi connectivity index (χ1v) is 9.43. The molecule has 2 aromatic rings. The van der Waals surface area contributed by atoms with Crippen LogP contribution in [0.5, 0.6) is 17.2 Å². The maximum atomic E-state index is 13.2. The number of fused-ring (bicyclic) bond motifs is 1. The van der Waals surface area contributed by atoms with E-state index in [-0.39, 0.29) is 29.1 Å². The van der Waals surface area contributed by atoms with Crippen LogP contribution in [0, 0.1) is 0 Å². The Hall–Kier alpha value is -3.48. The molecule has 0 aliphatic carbocycles. The molecule has 29 heavy (non-hydrogen) atoms. The average molecular weight is 394 g/mol. The van der Waals surface area contributed by atoms with E-state index in [2.05, 4.69) is 5.32 Å². The molecule has 2 amide bonds. The average Bonchev–Trinajstić information content (AvgIpc) is 2.97. The molecule has 4 rings (SSSR count). The largest absolute Gasteiger partial charge is 0.496 e. The van der Waals surface area contributed by atoms with Crippen molar-refractivity contribution in [2.45, 2.75) is 19.9 Å². The number of para-hydroxylation sites is 1. The summed E-state index contributed by atoms with van der Waals surface area (Å²) in [5.41, 5.74) is 1.70. The molecular weight excluding hydrogens is 372 g/mol. The summed E-state index contributed by atoms with van der Waals surface area (Å²) in [4.78, 5) is 27.5. The van der Waals surface area contributed by atoms with Crippen LogP contribution in [0.25, 0.3) is 5.57 Å². The molecule has 0 spiro atoms. The van der Waals surface area contributed by atoms with Crippen LogP contribution < -0.4 is 19.5 Å². The second kappa shape index (κ2) is 7.50. The fourth-order valence-corrected chi connectivity index (χ4v) is 3.50. The van der Waals surface area contributed by atoms with Gasteiger partial charge in [0.1, 0.15) is 24.7 Å². The third kappa shape index (κ3) is 3.29. The van der Waals surface area contributed by atoms with Gasteiger partial charge >= 0.3 is 0 Å². The van der Waals surface area contributed by atoms with E-state index < -0.39 is 0 Å². The van der Waals surface area contributed by atoms with Crippen molar-refractivity contribution in [1.29, 1.82) is 0 Å². The molecule has 0 saturated carbocycles. The molecule has 2 aliphatic heterocycles. The highest BCUT2D eigenvalue weighted by Crippen LogP contribution is 2.38. The number of hydrogen-bond acceptors (Lipinski definition) is 6. The van der Waals surface area contributed by atoms with Crippen molar-refractivity contribution in [2.75, 3.05) is 25.6 Å². The Bertz CT molecular complexity index is 1010. The summed E-state index contributed by atoms with van der Waals surface area (Å²) in [5, 5.41) is 3.13. The van der Waals surface area contributed by atoms with Crippen molar-refractivity contribution >= 4 is 23.1 Å². The quantitative estimate of drug-likeness (QED) is 0.786. The summed E-state index contributed by atoms with van der Waals surface area (Å²) in [6.45, 7) is 4.58. The number of nitrogens with zero attached hydrogens (tertiary/aromatic N) is 1. The van der Waals surface area contributed by atoms with E-state index in [4.69, 9.17) is 14.2 Å². The normalized spacial score (nSPS) is 15.9. The fraction of sp³-hybridized carbons (Fsp3) is 0.273. The van der Waals surface area contributed by atoms with Gasteiger partial charge in [-0.05, 0) is 32.0 Å². The van der Waals surface area contributed by atoms with Crippen molar-refractivity contribution in [2.24, 2.45) is 0 Å². The highest BCUT2D eigenvalue weighted by Gasteiger charge is 2.41. The third-order valence-electron chi connectivity index (χ3n) is 4.82. The van der Waals surface area contributed by atoms with Gasteiger partial charge in [0.15, 0.2) is 11.5 Å². The Morgan fingerprint density at radius 2 is 1.72 bits per heavy atom. The summed E-state index contributed by atoms with van der Waals surface area (Å²) < 4.78 is 16.6. The number of benzene rings is 2. The molecule has 0 bridgehead atoms. The van der Waals surface area contributed by atoms with Crippen molar-refractivity contribution in [1.82, 2.24) is 4.90 Å². The van der Waals surface area contributed by atoms with Gasteiger partial charge in [-0.3, -0.25) is 14.5 Å². The van der Waals surface area contributed by atoms with Crippen molar-refractivity contribution < 1.29 is 23.8 Å². The number of carbonyl (C=O) groups excluding carboxylic acids is 2. The molecule has 1 N–H and O–H groups in total. The topological polar surface area (TPSA) is 77.1 Å². The van der Waals surface area contributed by atoms with E-state index in [0.717, 1.165) is 0 Å². The molecule has 2 aliphatic rings. The van der Waals surface area contributed by atoms with Gasteiger partial charge in [-0.25, -0.2) is 0 Å². The predicted octanol–water partition coefficient (Wildman–Crippen LogP) is 3.07. The van der Waals surface area contributed by atoms with Crippen LogP contribution in [0.4, 0.5) is 5.69 Å². The van der Waals surface area contributed by atoms with Gasteiger partial charge in [0.2, 0.25) is 0 Å². The highest BCUT2D eigenvalue weighted by molar-refractivity contribution is 6.37. The second-order valence-electron chi connectivity index (χ2n) is 7.01. The smallest absolute Gasteiger partial charge is 0.278 e. The zero-order valence-electron chi connectivity index (χ0n) is 16.5. The Kier molecular flexibility index (Phi) is 4.88. The maximum absolute atomic E-state index is 13.2. The summed E-state index contributed by atoms with van der Waals surface area (Å²) in [7, 11) is 1.54. The molecule has 0 radical (unpaired) electrons. The minimum atomic E-state index is -0.374. The molecule has 0 aromatic heterocycles. The number of imide groups is 1. The van der Waals surface area contributed by atoms with Crippen molar-refractivity contribution in [3.63, 3.8) is 0 Å². The molecule has 7 nitrogen and oxygen atoms in total. The summed E-state index contributed by atoms with van der Waals surface area (Å²) in [6, 6.07) is 12.2. The van der Waals surface area contributed by atoms with Crippen LogP contribution in [-0.4, -0.2) is 43.1 Å². The first-order valence-electron chi connectivity index (χ1n) is 9.43. The number of rotatable bonds is 5. The van der Waals surface area contributed by atoms with E-state index in [1.165, 1.54) is 12.0 Å². The van der Waals surface area contributed by atoms with Crippen LogP contribution in [-0.2, 0) is 9.59 Å². The van der Waals surface area contributed by atoms with Crippen LogP contribution in [0.15, 0.2) is 48.2 Å². The zero-order valence-corrected chi connectivity index (χ0v) is 16.5. The monoisotopic (exact) mass is 394 g/mol. The predicted molar refractivity (Wildman–Crippen MR) is 108 cm³/mol. The van der Waals surface area contributed by atoms with Gasteiger partial charge in [-0.1, -0.05) is 18.2 Å². The van der Waals surface area contributed by atoms with Crippen molar-refractivity contribution in [3.8, 4) is 17.2 Å². The fourth-order valence-electron chi connectivity index (χ4n) is 3.50. The van der Waals surface area contributed by atoms with Gasteiger partial charge < -0.3 is 19.5 Å². The number of nitrogens with one attached hydrogen (secondary N) is 1. The zero-order chi connectivity index (χ0) is 20.5. The lowest BCUT2D eigenvalue weighted by molar-refractivity contribution is -0.138. The van der Waals surface area contributed by atoms with E-state index >= 15 is 0 Å². The van der Waals surface area contributed by atoms with Gasteiger partial charge in [-0.2, -0.15) is 0 Å². The number of hydrogen-bond donors (Lipinski definition) is 1. The lowest BCUT2D eigenvalue weighted by Gasteiger charge is -2.20. The molecule has 150 valence electrons. The minimum Gasteiger partial charge on any atom is -0.496 e. The molecule has 2 heterocycles. The second-order valence-corrected chi connectivity index (χ2v) is 7.01. The molecule has 7 heteroatoms. The number of amides is 2. The van der Waals surface area contributed by atoms with Crippen LogP contribution in [0.2, 0.25) is 0 Å². The first-order chi connectivity index (χ1) is 14.0. The van der Waals surface area contributed by atoms with Crippen LogP contribution in [0.1, 0.15) is 19.4 Å². The van der Waals surface area contributed by atoms with Gasteiger partial charge in [-0.15, -0.1) is 0 Å². The lowest BCUT2D eigenvalue weighted by atomic mass is 10.0. The Morgan fingerprint density at radius 3 is 2.45 bits per heavy atom. The summed E-state index contributed by atoms with van der Waals surface area (Å²) in [6.07, 6.45) is 0. The standard InChI is InChI=1S/C22H22N2O5/c1-13(2)24-21(25)19(15-6-4-5-7-16(15)27-3)20(22(24)26)23-14-8-9-17-18(12-14)29-11-10-28-17/h4-9,12-13,23H,10-11H2,1-3H3. The maximum Gasteiger partial charge on any atom is 0.278 e. The van der Waals surface area contributed by atoms with E-state index in [0.29, 0.717) is 41.7 Å². The highest BCUT2D eigenvalue weighted by atomic mass is 16.6. The van der Waals surface area contributed by atoms with E-state index in [1.54, 1.807) is 30.3 Å². The van der Waals surface area contributed by atoms with Gasteiger partial charge in [0, 0.05) is 23.4 Å². The van der Waals surface area contributed by atoms with Crippen molar-refractivity contribution in [3.05, 3.63) is 53.7 Å². The Balaban J connectivity index is 1.80. The third-order valence-corrected chi connectivity index (χ3v) is 4.82. The number of ether oxygens (including phenoxy) is 3. The molecule has 0 unspecified atom stereocenters. The molecule has 0 saturated heterocycles. The SMILES string of the molecule is COc1ccccc1C1=C(Nc2ccc3c(c2)OCCO3)C(=O)N(C(C)C)C1=O. The first kappa shape index (κ1) is 18.9. The minimum absolute atomic E-state index is 0.213. The number of anilines is 1. The van der Waals surface area contributed by atoms with Gasteiger partial charge in [0.05, 0.1) is 12.7 Å². The summed E-state index contributed by atoms with van der Waals surface area (Å²) in [5.74, 6) is 1.04. The molecular formula is C22H22N2O5. The Labute approximate surface area is 168 Å². The number of methoxy groups -OCH3 is 1. The summed E-state index contributed by atoms with van der Waals surface area (Å²) >= 11 is 0. The molecule has 2 aromatic carbocycles. The Morgan fingerprint density at radius 1 is 1.00 bits per heavy atom. The molecule has 0 atom stereocenters. The van der Waals surface area contributed by atoms with E-state index in [9.17, 15) is 9.59 Å². The number of carbonyl (C=O) groups is 2. The lowest BCUT2D eigenvalue weighted by Crippen LogP contribution is -2.38. The van der Waals surface area contributed by atoms with Crippen LogP contribution >= 0.6 is 0 Å². The molecule has 0 fully saturated rings. The van der Waals surface area contributed by atoms with Gasteiger partial charge in [0.25, 0.3) is 11.8 Å². The van der Waals surface area contributed by atoms with E-state index in [1.807, 2.05) is 26.0 Å².